The molecule has 0 radical (unpaired) electrons. The molecule has 0 aliphatic rings. The summed E-state index contributed by atoms with van der Waals surface area (Å²) in [6.07, 6.45) is 0.614. The van der Waals surface area contributed by atoms with Crippen LogP contribution in [0.4, 0.5) is 4.39 Å². The van der Waals surface area contributed by atoms with Gasteiger partial charge < -0.3 is 5.11 Å². The number of aliphatic hydroxyl groups is 1. The van der Waals surface area contributed by atoms with Crippen LogP contribution < -0.4 is 0 Å². The van der Waals surface area contributed by atoms with Crippen molar-refractivity contribution in [1.82, 2.24) is 0 Å². The quantitative estimate of drug-likeness (QED) is 0.771. The predicted octanol–water partition coefficient (Wildman–Crippen LogP) is 2.51. The van der Waals surface area contributed by atoms with Crippen molar-refractivity contribution in [3.8, 4) is 0 Å². The molecule has 0 heterocycles. The fraction of sp³-hybridized carbons (Fsp3) is 0.167. The van der Waals surface area contributed by atoms with Crippen molar-refractivity contribution in [1.29, 1.82) is 0 Å². The average Bonchev–Trinajstić information content (AvgIpc) is 2.18. The first-order chi connectivity index (χ1) is 6.81. The molecule has 2 aromatic carbocycles. The van der Waals surface area contributed by atoms with Crippen LogP contribution in [0.2, 0.25) is 0 Å². The molecule has 0 amide bonds. The van der Waals surface area contributed by atoms with Crippen LogP contribution in [0.3, 0.4) is 0 Å². The van der Waals surface area contributed by atoms with Gasteiger partial charge in [-0.2, -0.15) is 0 Å². The van der Waals surface area contributed by atoms with Crippen molar-refractivity contribution in [3.63, 3.8) is 0 Å². The number of hydrogen-bond donors (Lipinski definition) is 1. The van der Waals surface area contributed by atoms with Crippen LogP contribution in [0.5, 0.6) is 0 Å². The van der Waals surface area contributed by atoms with Gasteiger partial charge in [-0.1, -0.05) is 24.3 Å². The molecular formula is C12H11FO. The largest absolute Gasteiger partial charge is 0.396 e. The first kappa shape index (κ1) is 9.16. The van der Waals surface area contributed by atoms with E-state index in [1.54, 1.807) is 6.07 Å². The molecule has 1 N–H and O–H groups in total. The lowest BCUT2D eigenvalue weighted by atomic mass is 10.0. The summed E-state index contributed by atoms with van der Waals surface area (Å²) in [5.41, 5.74) is 1.06. The van der Waals surface area contributed by atoms with Crippen LogP contribution in [-0.4, -0.2) is 11.7 Å². The molecule has 0 spiro atoms. The first-order valence-electron chi connectivity index (χ1n) is 4.59. The molecule has 0 bridgehead atoms. The molecule has 0 unspecified atom stereocenters. The molecule has 2 heteroatoms. The second-order valence-corrected chi connectivity index (χ2v) is 3.26. The highest BCUT2D eigenvalue weighted by molar-refractivity contribution is 5.85. The lowest BCUT2D eigenvalue weighted by Gasteiger charge is -2.04. The standard InChI is InChI=1S/C12H11FO/c13-11-4-5-12-9(6-7-14)2-1-3-10(12)8-11/h1-5,8,14H,6-7H2. The minimum absolute atomic E-state index is 0.122. The number of hydrogen-bond acceptors (Lipinski definition) is 1. The summed E-state index contributed by atoms with van der Waals surface area (Å²) in [6, 6.07) is 10.4. The van der Waals surface area contributed by atoms with Gasteiger partial charge in [0, 0.05) is 6.61 Å². The van der Waals surface area contributed by atoms with Crippen LogP contribution in [0, 0.1) is 5.82 Å². The van der Waals surface area contributed by atoms with E-state index < -0.39 is 0 Å². The molecular weight excluding hydrogens is 179 g/mol. The molecule has 0 aliphatic heterocycles. The maximum absolute atomic E-state index is 12.9. The van der Waals surface area contributed by atoms with E-state index in [4.69, 9.17) is 5.11 Å². The van der Waals surface area contributed by atoms with Gasteiger partial charge in [0.25, 0.3) is 0 Å². The lowest BCUT2D eigenvalue weighted by molar-refractivity contribution is 0.300. The van der Waals surface area contributed by atoms with Gasteiger partial charge in [-0.15, -0.1) is 0 Å². The van der Waals surface area contributed by atoms with Gasteiger partial charge in [0.2, 0.25) is 0 Å². The molecule has 2 rings (SSSR count). The molecule has 2 aromatic rings. The SMILES string of the molecule is OCCc1cccc2cc(F)ccc12. The van der Waals surface area contributed by atoms with Crippen molar-refractivity contribution in [2.24, 2.45) is 0 Å². The Hall–Kier alpha value is -1.41. The van der Waals surface area contributed by atoms with E-state index >= 15 is 0 Å². The minimum Gasteiger partial charge on any atom is -0.396 e. The smallest absolute Gasteiger partial charge is 0.123 e. The molecule has 0 saturated carbocycles. The van der Waals surface area contributed by atoms with Gasteiger partial charge in [0.1, 0.15) is 5.82 Å². The number of fused-ring (bicyclic) bond motifs is 1. The Labute approximate surface area is 81.8 Å². The second-order valence-electron chi connectivity index (χ2n) is 3.26. The molecule has 14 heavy (non-hydrogen) atoms. The lowest BCUT2D eigenvalue weighted by Crippen LogP contribution is -1.91. The zero-order valence-corrected chi connectivity index (χ0v) is 7.70. The maximum atomic E-state index is 12.9. The fourth-order valence-electron chi connectivity index (χ4n) is 1.66. The summed E-state index contributed by atoms with van der Waals surface area (Å²) in [5, 5.41) is 10.8. The van der Waals surface area contributed by atoms with Gasteiger partial charge in [-0.25, -0.2) is 4.39 Å². The fourth-order valence-corrected chi connectivity index (χ4v) is 1.66. The van der Waals surface area contributed by atoms with E-state index in [9.17, 15) is 4.39 Å². The summed E-state index contributed by atoms with van der Waals surface area (Å²) < 4.78 is 12.9. The Morgan fingerprint density at radius 1 is 1.14 bits per heavy atom. The highest BCUT2D eigenvalue weighted by Crippen LogP contribution is 2.20. The maximum Gasteiger partial charge on any atom is 0.123 e. The Morgan fingerprint density at radius 2 is 2.00 bits per heavy atom. The molecule has 0 saturated heterocycles. The predicted molar refractivity (Wildman–Crippen MR) is 54.7 cm³/mol. The first-order valence-corrected chi connectivity index (χ1v) is 4.59. The zero-order chi connectivity index (χ0) is 9.97. The van der Waals surface area contributed by atoms with Gasteiger partial charge in [0.15, 0.2) is 0 Å². The van der Waals surface area contributed by atoms with Gasteiger partial charge in [-0.05, 0) is 34.9 Å². The molecule has 1 nitrogen and oxygen atoms in total. The van der Waals surface area contributed by atoms with E-state index in [0.717, 1.165) is 16.3 Å². The topological polar surface area (TPSA) is 20.2 Å². The Kier molecular flexibility index (Phi) is 2.46. The third-order valence-electron chi connectivity index (χ3n) is 2.31. The number of halogens is 1. The third-order valence-corrected chi connectivity index (χ3v) is 2.31. The second kappa shape index (κ2) is 3.76. The van der Waals surface area contributed by atoms with Gasteiger partial charge in [-0.3, -0.25) is 0 Å². The van der Waals surface area contributed by atoms with E-state index in [1.807, 2.05) is 18.2 Å². The summed E-state index contributed by atoms with van der Waals surface area (Å²) in [6.45, 7) is 0.122. The van der Waals surface area contributed by atoms with Crippen molar-refractivity contribution in [2.75, 3.05) is 6.61 Å². The van der Waals surface area contributed by atoms with Crippen LogP contribution in [0.15, 0.2) is 36.4 Å². The van der Waals surface area contributed by atoms with E-state index in [0.29, 0.717) is 6.42 Å². The Balaban J connectivity index is 2.62. The molecule has 0 aromatic heterocycles. The summed E-state index contributed by atoms with van der Waals surface area (Å²) >= 11 is 0. The van der Waals surface area contributed by atoms with Crippen LogP contribution >= 0.6 is 0 Å². The number of benzene rings is 2. The number of rotatable bonds is 2. The Morgan fingerprint density at radius 3 is 2.79 bits per heavy atom. The van der Waals surface area contributed by atoms with Gasteiger partial charge in [0.05, 0.1) is 0 Å². The molecule has 0 aliphatic carbocycles. The zero-order valence-electron chi connectivity index (χ0n) is 7.70. The molecule has 0 atom stereocenters. The van der Waals surface area contributed by atoms with Crippen molar-refractivity contribution in [3.05, 3.63) is 47.8 Å². The average molecular weight is 190 g/mol. The Bertz CT molecular complexity index is 451. The van der Waals surface area contributed by atoms with Crippen LogP contribution in [0.25, 0.3) is 10.8 Å². The van der Waals surface area contributed by atoms with E-state index in [1.165, 1.54) is 12.1 Å². The van der Waals surface area contributed by atoms with Crippen LogP contribution in [0.1, 0.15) is 5.56 Å². The monoisotopic (exact) mass is 190 g/mol. The van der Waals surface area contributed by atoms with E-state index in [2.05, 4.69) is 0 Å². The van der Waals surface area contributed by atoms with Crippen LogP contribution in [-0.2, 0) is 6.42 Å². The van der Waals surface area contributed by atoms with Crippen molar-refractivity contribution < 1.29 is 9.50 Å². The highest BCUT2D eigenvalue weighted by Gasteiger charge is 2.00. The van der Waals surface area contributed by atoms with Crippen molar-refractivity contribution in [2.45, 2.75) is 6.42 Å². The number of aliphatic hydroxyl groups excluding tert-OH is 1. The highest BCUT2D eigenvalue weighted by atomic mass is 19.1. The minimum atomic E-state index is -0.223. The third kappa shape index (κ3) is 1.61. The summed E-state index contributed by atoms with van der Waals surface area (Å²) in [7, 11) is 0. The molecule has 72 valence electrons. The summed E-state index contributed by atoms with van der Waals surface area (Å²) in [5.74, 6) is -0.223. The van der Waals surface area contributed by atoms with E-state index in [-0.39, 0.29) is 12.4 Å². The molecule has 0 fully saturated rings. The van der Waals surface area contributed by atoms with Gasteiger partial charge >= 0.3 is 0 Å². The summed E-state index contributed by atoms with van der Waals surface area (Å²) in [4.78, 5) is 0. The normalized spacial score (nSPS) is 10.7. The van der Waals surface area contributed by atoms with Crippen molar-refractivity contribution >= 4 is 10.8 Å².